The highest BCUT2D eigenvalue weighted by Crippen LogP contribution is 2.14. The van der Waals surface area contributed by atoms with Gasteiger partial charge < -0.3 is 4.52 Å². The number of nitrogens with one attached hydrogen (secondary N) is 1. The summed E-state index contributed by atoms with van der Waals surface area (Å²) < 4.78 is 5.75. The summed E-state index contributed by atoms with van der Waals surface area (Å²) in [6.45, 7) is 1.79. The highest BCUT2D eigenvalue weighted by atomic mass is 79.9. The summed E-state index contributed by atoms with van der Waals surface area (Å²) in [6.07, 6.45) is 0. The average molecular weight is 281 g/mol. The Morgan fingerprint density at radius 3 is 2.88 bits per heavy atom. The van der Waals surface area contributed by atoms with E-state index in [0.29, 0.717) is 11.4 Å². The van der Waals surface area contributed by atoms with E-state index in [1.54, 1.807) is 31.2 Å². The van der Waals surface area contributed by atoms with Gasteiger partial charge in [-0.25, -0.2) is 0 Å². The standard InChI is InChI=1S/C11H9BrN2O2/c1-7-5-10(16-14-7)13-11(15)8-3-2-4-9(12)6-8/h2-6H,1H3,(H,13,15). The van der Waals surface area contributed by atoms with Gasteiger partial charge in [0.05, 0.1) is 5.69 Å². The van der Waals surface area contributed by atoms with Crippen molar-refractivity contribution in [2.75, 3.05) is 5.32 Å². The smallest absolute Gasteiger partial charge is 0.258 e. The molecule has 1 aromatic carbocycles. The van der Waals surface area contributed by atoms with Gasteiger partial charge >= 0.3 is 0 Å². The summed E-state index contributed by atoms with van der Waals surface area (Å²) in [6, 6.07) is 8.78. The Kier molecular flexibility index (Phi) is 3.05. The van der Waals surface area contributed by atoms with Gasteiger partial charge in [-0.3, -0.25) is 10.1 Å². The second-order valence-electron chi connectivity index (χ2n) is 3.30. The number of hydrogen-bond donors (Lipinski definition) is 1. The van der Waals surface area contributed by atoms with Crippen LogP contribution in [0.3, 0.4) is 0 Å². The van der Waals surface area contributed by atoms with E-state index >= 15 is 0 Å². The van der Waals surface area contributed by atoms with Crippen molar-refractivity contribution in [3.63, 3.8) is 0 Å². The minimum absolute atomic E-state index is 0.225. The molecule has 0 radical (unpaired) electrons. The lowest BCUT2D eigenvalue weighted by Crippen LogP contribution is -2.11. The van der Waals surface area contributed by atoms with Crippen molar-refractivity contribution in [3.05, 3.63) is 46.1 Å². The van der Waals surface area contributed by atoms with E-state index in [1.807, 2.05) is 6.07 Å². The molecule has 0 unspecified atom stereocenters. The average Bonchev–Trinajstić information content (AvgIpc) is 2.64. The first-order valence-electron chi connectivity index (χ1n) is 4.65. The lowest BCUT2D eigenvalue weighted by molar-refractivity contribution is 0.102. The van der Waals surface area contributed by atoms with Crippen molar-refractivity contribution < 1.29 is 9.32 Å². The Morgan fingerprint density at radius 1 is 1.44 bits per heavy atom. The monoisotopic (exact) mass is 280 g/mol. The second kappa shape index (κ2) is 4.49. The van der Waals surface area contributed by atoms with Crippen molar-refractivity contribution in [3.8, 4) is 0 Å². The zero-order valence-corrected chi connectivity index (χ0v) is 10.1. The lowest BCUT2D eigenvalue weighted by Gasteiger charge is -2.01. The van der Waals surface area contributed by atoms with Crippen LogP contribution in [0.25, 0.3) is 0 Å². The zero-order valence-electron chi connectivity index (χ0n) is 8.53. The van der Waals surface area contributed by atoms with Crippen molar-refractivity contribution in [2.24, 2.45) is 0 Å². The number of aryl methyl sites for hydroxylation is 1. The number of benzene rings is 1. The first-order valence-corrected chi connectivity index (χ1v) is 5.45. The van der Waals surface area contributed by atoms with E-state index in [4.69, 9.17) is 4.52 Å². The van der Waals surface area contributed by atoms with Gasteiger partial charge in [0.2, 0.25) is 5.88 Å². The fraction of sp³-hybridized carbons (Fsp3) is 0.0909. The van der Waals surface area contributed by atoms with Crippen molar-refractivity contribution >= 4 is 27.7 Å². The molecule has 0 bridgehead atoms. The molecule has 82 valence electrons. The van der Waals surface area contributed by atoms with Crippen LogP contribution in [0.2, 0.25) is 0 Å². The molecular weight excluding hydrogens is 272 g/mol. The first-order chi connectivity index (χ1) is 7.65. The SMILES string of the molecule is Cc1cc(NC(=O)c2cccc(Br)c2)on1. The third kappa shape index (κ3) is 2.49. The molecule has 0 aliphatic rings. The first kappa shape index (κ1) is 10.9. The molecule has 1 aromatic heterocycles. The van der Waals surface area contributed by atoms with E-state index in [1.165, 1.54) is 0 Å². The molecule has 2 rings (SSSR count). The number of hydrogen-bond acceptors (Lipinski definition) is 3. The molecular formula is C11H9BrN2O2. The third-order valence-corrected chi connectivity index (χ3v) is 2.44. The number of carbonyl (C=O) groups is 1. The van der Waals surface area contributed by atoms with Crippen LogP contribution in [-0.4, -0.2) is 11.1 Å². The minimum atomic E-state index is -0.225. The number of aromatic nitrogens is 1. The highest BCUT2D eigenvalue weighted by Gasteiger charge is 2.08. The molecule has 0 aliphatic carbocycles. The van der Waals surface area contributed by atoms with E-state index in [0.717, 1.165) is 10.2 Å². The number of anilines is 1. The van der Waals surface area contributed by atoms with Gasteiger partial charge in [0.25, 0.3) is 5.91 Å². The second-order valence-corrected chi connectivity index (χ2v) is 4.21. The molecule has 0 atom stereocenters. The van der Waals surface area contributed by atoms with Gasteiger partial charge in [0.1, 0.15) is 0 Å². The topological polar surface area (TPSA) is 55.1 Å². The molecule has 5 heteroatoms. The summed E-state index contributed by atoms with van der Waals surface area (Å²) in [5, 5.41) is 6.30. The maximum Gasteiger partial charge on any atom is 0.258 e. The van der Waals surface area contributed by atoms with Crippen molar-refractivity contribution in [1.82, 2.24) is 5.16 Å². The number of rotatable bonds is 2. The van der Waals surface area contributed by atoms with E-state index in [9.17, 15) is 4.79 Å². The van der Waals surface area contributed by atoms with Crippen LogP contribution in [0.4, 0.5) is 5.88 Å². The van der Waals surface area contributed by atoms with Crippen LogP contribution in [0, 0.1) is 6.92 Å². The maximum absolute atomic E-state index is 11.8. The molecule has 4 nitrogen and oxygen atoms in total. The molecule has 0 saturated carbocycles. The molecule has 0 saturated heterocycles. The fourth-order valence-corrected chi connectivity index (χ4v) is 1.64. The van der Waals surface area contributed by atoms with Crippen LogP contribution in [-0.2, 0) is 0 Å². The van der Waals surface area contributed by atoms with Crippen molar-refractivity contribution in [1.29, 1.82) is 0 Å². The van der Waals surface area contributed by atoms with Crippen LogP contribution in [0.5, 0.6) is 0 Å². The summed E-state index contributed by atoms with van der Waals surface area (Å²) >= 11 is 3.30. The maximum atomic E-state index is 11.8. The van der Waals surface area contributed by atoms with Gasteiger partial charge in [0.15, 0.2) is 0 Å². The third-order valence-electron chi connectivity index (χ3n) is 1.95. The van der Waals surface area contributed by atoms with Crippen molar-refractivity contribution in [2.45, 2.75) is 6.92 Å². The predicted octanol–water partition coefficient (Wildman–Crippen LogP) is 3.00. The summed E-state index contributed by atoms with van der Waals surface area (Å²) in [5.41, 5.74) is 1.29. The molecule has 0 fully saturated rings. The van der Waals surface area contributed by atoms with Crippen LogP contribution in [0.15, 0.2) is 39.3 Å². The fourth-order valence-electron chi connectivity index (χ4n) is 1.24. The molecule has 1 amide bonds. The molecule has 16 heavy (non-hydrogen) atoms. The Hall–Kier alpha value is -1.62. The van der Waals surface area contributed by atoms with Crippen LogP contribution >= 0.6 is 15.9 Å². The van der Waals surface area contributed by atoms with Gasteiger partial charge in [-0.15, -0.1) is 0 Å². The predicted molar refractivity (Wildman–Crippen MR) is 63.3 cm³/mol. The molecule has 0 aliphatic heterocycles. The Balaban J connectivity index is 2.14. The number of amides is 1. The van der Waals surface area contributed by atoms with Crippen LogP contribution < -0.4 is 5.32 Å². The zero-order chi connectivity index (χ0) is 11.5. The summed E-state index contributed by atoms with van der Waals surface area (Å²) in [7, 11) is 0. The number of carbonyl (C=O) groups excluding carboxylic acids is 1. The quantitative estimate of drug-likeness (QED) is 0.920. The molecule has 2 aromatic rings. The lowest BCUT2D eigenvalue weighted by atomic mass is 10.2. The van der Waals surface area contributed by atoms with Gasteiger partial charge in [-0.1, -0.05) is 27.2 Å². The van der Waals surface area contributed by atoms with Gasteiger partial charge in [-0.05, 0) is 25.1 Å². The van der Waals surface area contributed by atoms with Gasteiger partial charge in [-0.2, -0.15) is 0 Å². The Morgan fingerprint density at radius 2 is 2.25 bits per heavy atom. The van der Waals surface area contributed by atoms with E-state index in [2.05, 4.69) is 26.4 Å². The summed E-state index contributed by atoms with van der Waals surface area (Å²) in [5.74, 6) is 0.125. The highest BCUT2D eigenvalue weighted by molar-refractivity contribution is 9.10. The normalized spacial score (nSPS) is 10.1. The van der Waals surface area contributed by atoms with Gasteiger partial charge in [0, 0.05) is 16.1 Å². The molecule has 0 spiro atoms. The Labute approximate surface area is 101 Å². The van der Waals surface area contributed by atoms with Crippen LogP contribution in [0.1, 0.15) is 16.1 Å². The molecule has 1 heterocycles. The number of halogens is 1. The largest absolute Gasteiger partial charge is 0.338 e. The Bertz CT molecular complexity index is 522. The summed E-state index contributed by atoms with van der Waals surface area (Å²) in [4.78, 5) is 11.8. The molecule has 1 N–H and O–H groups in total. The van der Waals surface area contributed by atoms with E-state index in [-0.39, 0.29) is 5.91 Å². The van der Waals surface area contributed by atoms with E-state index < -0.39 is 0 Å². The minimum Gasteiger partial charge on any atom is -0.338 e. The number of nitrogens with zero attached hydrogens (tertiary/aromatic N) is 1.